The lowest BCUT2D eigenvalue weighted by molar-refractivity contribution is 0.864. The van der Waals surface area contributed by atoms with Crippen molar-refractivity contribution in [2.75, 3.05) is 0 Å². The molecule has 0 saturated heterocycles. The van der Waals surface area contributed by atoms with Gasteiger partial charge >= 0.3 is 0 Å². The molecule has 3 nitrogen and oxygen atoms in total. The molecule has 0 atom stereocenters. The Morgan fingerprint density at radius 3 is 2.44 bits per heavy atom. The van der Waals surface area contributed by atoms with E-state index in [1.165, 1.54) is 17.5 Å². The first-order valence-corrected chi connectivity index (χ1v) is 6.49. The molecule has 0 radical (unpaired) electrons. The summed E-state index contributed by atoms with van der Waals surface area (Å²) in [7, 11) is 2.04. The van der Waals surface area contributed by atoms with Crippen molar-refractivity contribution in [1.29, 1.82) is 0 Å². The van der Waals surface area contributed by atoms with Gasteiger partial charge in [0.2, 0.25) is 0 Å². The summed E-state index contributed by atoms with van der Waals surface area (Å²) in [6, 6.07) is 8.73. The van der Waals surface area contributed by atoms with Gasteiger partial charge in [-0.2, -0.15) is 0 Å². The van der Waals surface area contributed by atoms with Crippen LogP contribution in [0.25, 0.3) is 11.3 Å². The standard InChI is InChI=1S/C15H21N3/c1-4-5-12-6-8-13(9-7-12)15-14(10-16)17-11(2)18(15)3/h6-9H,4-5,10,16H2,1-3H3. The minimum Gasteiger partial charge on any atom is -0.331 e. The molecule has 1 heterocycles. The van der Waals surface area contributed by atoms with Gasteiger partial charge in [-0.15, -0.1) is 0 Å². The number of nitrogens with two attached hydrogens (primary N) is 1. The third kappa shape index (κ3) is 2.31. The number of benzene rings is 1. The van der Waals surface area contributed by atoms with E-state index in [9.17, 15) is 0 Å². The summed E-state index contributed by atoms with van der Waals surface area (Å²) in [6.45, 7) is 4.69. The molecular weight excluding hydrogens is 222 g/mol. The third-order valence-electron chi connectivity index (χ3n) is 3.35. The van der Waals surface area contributed by atoms with E-state index in [0.717, 1.165) is 23.6 Å². The minimum absolute atomic E-state index is 0.480. The van der Waals surface area contributed by atoms with Crippen LogP contribution in [0.1, 0.15) is 30.4 Å². The Labute approximate surface area is 109 Å². The van der Waals surface area contributed by atoms with Crippen LogP contribution >= 0.6 is 0 Å². The summed E-state index contributed by atoms with van der Waals surface area (Å²) < 4.78 is 2.11. The zero-order valence-electron chi connectivity index (χ0n) is 11.4. The molecule has 96 valence electrons. The first-order chi connectivity index (χ1) is 8.67. The van der Waals surface area contributed by atoms with Crippen LogP contribution in [0.3, 0.4) is 0 Å². The Kier molecular flexibility index (Phi) is 3.82. The van der Waals surface area contributed by atoms with Crippen molar-refractivity contribution in [2.24, 2.45) is 12.8 Å². The zero-order valence-corrected chi connectivity index (χ0v) is 11.4. The summed E-state index contributed by atoms with van der Waals surface area (Å²) in [4.78, 5) is 4.50. The smallest absolute Gasteiger partial charge is 0.106 e. The summed E-state index contributed by atoms with van der Waals surface area (Å²) in [5.74, 6) is 1.00. The number of imidazole rings is 1. The Morgan fingerprint density at radius 2 is 1.89 bits per heavy atom. The van der Waals surface area contributed by atoms with Crippen molar-refractivity contribution in [1.82, 2.24) is 9.55 Å². The maximum atomic E-state index is 5.77. The fourth-order valence-electron chi connectivity index (χ4n) is 2.30. The first-order valence-electron chi connectivity index (χ1n) is 6.49. The van der Waals surface area contributed by atoms with Gasteiger partial charge in [0.1, 0.15) is 5.82 Å². The van der Waals surface area contributed by atoms with Crippen LogP contribution in [-0.4, -0.2) is 9.55 Å². The van der Waals surface area contributed by atoms with Crippen molar-refractivity contribution in [3.05, 3.63) is 41.3 Å². The molecule has 0 spiro atoms. The molecule has 0 aliphatic rings. The van der Waals surface area contributed by atoms with Crippen molar-refractivity contribution in [3.8, 4) is 11.3 Å². The van der Waals surface area contributed by atoms with Crippen molar-refractivity contribution >= 4 is 0 Å². The molecule has 0 bridgehead atoms. The molecule has 2 aromatic rings. The van der Waals surface area contributed by atoms with Crippen molar-refractivity contribution < 1.29 is 0 Å². The predicted molar refractivity (Wildman–Crippen MR) is 75.3 cm³/mol. The second-order valence-corrected chi connectivity index (χ2v) is 4.66. The highest BCUT2D eigenvalue weighted by molar-refractivity contribution is 5.63. The second kappa shape index (κ2) is 5.36. The average Bonchev–Trinajstić information content (AvgIpc) is 2.67. The molecule has 18 heavy (non-hydrogen) atoms. The number of aromatic nitrogens is 2. The van der Waals surface area contributed by atoms with Gasteiger partial charge in [0.25, 0.3) is 0 Å². The summed E-state index contributed by atoms with van der Waals surface area (Å²) >= 11 is 0. The van der Waals surface area contributed by atoms with Crippen LogP contribution in [0.15, 0.2) is 24.3 Å². The molecule has 3 heteroatoms. The van der Waals surface area contributed by atoms with Gasteiger partial charge in [0, 0.05) is 19.2 Å². The van der Waals surface area contributed by atoms with Gasteiger partial charge in [-0.25, -0.2) is 4.98 Å². The number of hydrogen-bond acceptors (Lipinski definition) is 2. The maximum absolute atomic E-state index is 5.77. The van der Waals surface area contributed by atoms with Crippen molar-refractivity contribution in [3.63, 3.8) is 0 Å². The average molecular weight is 243 g/mol. The Bertz CT molecular complexity index is 523. The number of nitrogens with zero attached hydrogens (tertiary/aromatic N) is 2. The lowest BCUT2D eigenvalue weighted by Gasteiger charge is -2.07. The molecule has 0 saturated carbocycles. The zero-order chi connectivity index (χ0) is 13.1. The molecule has 1 aromatic heterocycles. The maximum Gasteiger partial charge on any atom is 0.106 e. The highest BCUT2D eigenvalue weighted by Gasteiger charge is 2.12. The largest absolute Gasteiger partial charge is 0.331 e. The van der Waals surface area contributed by atoms with Gasteiger partial charge in [-0.05, 0) is 18.9 Å². The van der Waals surface area contributed by atoms with Gasteiger partial charge in [0.15, 0.2) is 0 Å². The van der Waals surface area contributed by atoms with E-state index in [1.807, 2.05) is 14.0 Å². The van der Waals surface area contributed by atoms with E-state index in [2.05, 4.69) is 40.7 Å². The van der Waals surface area contributed by atoms with Gasteiger partial charge in [-0.1, -0.05) is 37.6 Å². The SMILES string of the molecule is CCCc1ccc(-c2c(CN)nc(C)n2C)cc1. The molecule has 0 amide bonds. The van der Waals surface area contributed by atoms with Crippen molar-refractivity contribution in [2.45, 2.75) is 33.2 Å². The number of rotatable bonds is 4. The quantitative estimate of drug-likeness (QED) is 0.897. The Hall–Kier alpha value is -1.61. The monoisotopic (exact) mass is 243 g/mol. The molecule has 2 rings (SSSR count). The Balaban J connectivity index is 2.42. The fourth-order valence-corrected chi connectivity index (χ4v) is 2.30. The van der Waals surface area contributed by atoms with E-state index in [0.29, 0.717) is 6.54 Å². The molecule has 0 aliphatic heterocycles. The van der Waals surface area contributed by atoms with Crippen LogP contribution in [-0.2, 0) is 20.0 Å². The van der Waals surface area contributed by atoms with Crippen LogP contribution in [0.2, 0.25) is 0 Å². The molecule has 0 aliphatic carbocycles. The van der Waals surface area contributed by atoms with E-state index < -0.39 is 0 Å². The highest BCUT2D eigenvalue weighted by Crippen LogP contribution is 2.24. The molecular formula is C15H21N3. The van der Waals surface area contributed by atoms with Crippen LogP contribution in [0.5, 0.6) is 0 Å². The number of aryl methyl sites for hydroxylation is 2. The van der Waals surface area contributed by atoms with Crippen LogP contribution < -0.4 is 5.73 Å². The lowest BCUT2D eigenvalue weighted by Crippen LogP contribution is -2.00. The summed E-state index contributed by atoms with van der Waals surface area (Å²) in [6.07, 6.45) is 2.31. The third-order valence-corrected chi connectivity index (χ3v) is 3.35. The van der Waals surface area contributed by atoms with E-state index in [-0.39, 0.29) is 0 Å². The first kappa shape index (κ1) is 12.8. The Morgan fingerprint density at radius 1 is 1.22 bits per heavy atom. The van der Waals surface area contributed by atoms with Crippen LogP contribution in [0, 0.1) is 6.92 Å². The molecule has 0 unspecified atom stereocenters. The molecule has 0 fully saturated rings. The number of hydrogen-bond donors (Lipinski definition) is 1. The second-order valence-electron chi connectivity index (χ2n) is 4.66. The highest BCUT2D eigenvalue weighted by atomic mass is 15.1. The lowest BCUT2D eigenvalue weighted by atomic mass is 10.0. The molecule has 2 N–H and O–H groups in total. The van der Waals surface area contributed by atoms with Gasteiger partial charge in [-0.3, -0.25) is 0 Å². The summed E-state index contributed by atoms with van der Waals surface area (Å²) in [5, 5.41) is 0. The van der Waals surface area contributed by atoms with E-state index in [1.54, 1.807) is 0 Å². The van der Waals surface area contributed by atoms with Crippen LogP contribution in [0.4, 0.5) is 0 Å². The minimum atomic E-state index is 0.480. The van der Waals surface area contributed by atoms with E-state index in [4.69, 9.17) is 5.73 Å². The van der Waals surface area contributed by atoms with Gasteiger partial charge in [0.05, 0.1) is 11.4 Å². The molecule has 1 aromatic carbocycles. The van der Waals surface area contributed by atoms with Gasteiger partial charge < -0.3 is 10.3 Å². The fraction of sp³-hybridized carbons (Fsp3) is 0.400. The summed E-state index contributed by atoms with van der Waals surface area (Å²) in [5.41, 5.74) is 10.5. The topological polar surface area (TPSA) is 43.8 Å². The normalized spacial score (nSPS) is 10.9. The predicted octanol–water partition coefficient (Wildman–Crippen LogP) is 2.81. The van der Waals surface area contributed by atoms with E-state index >= 15 is 0 Å².